The average Bonchev–Trinajstić information content (AvgIpc) is 3.39. The fraction of sp³-hybridized carbons (Fsp3) is 0. The van der Waals surface area contributed by atoms with E-state index in [9.17, 15) is 0 Å². The van der Waals surface area contributed by atoms with Crippen LogP contribution < -0.4 is 0 Å². The Morgan fingerprint density at radius 3 is 1.16 bits per heavy atom. The van der Waals surface area contributed by atoms with Gasteiger partial charge in [0.1, 0.15) is 5.01 Å². The van der Waals surface area contributed by atoms with Gasteiger partial charge in [0.15, 0.2) is 34.9 Å². The van der Waals surface area contributed by atoms with Gasteiger partial charge >= 0.3 is 0 Å². The normalized spacial score (nSPS) is 11.6. The van der Waals surface area contributed by atoms with Crippen molar-refractivity contribution in [2.75, 3.05) is 0 Å². The number of thiazole rings is 1. The first-order valence-corrected chi connectivity index (χ1v) is 28.4. The minimum Gasteiger partial charge on any atom is -0.309 e. The van der Waals surface area contributed by atoms with Crippen molar-refractivity contribution in [1.29, 1.82) is 0 Å². The Kier molecular flexibility index (Phi) is 11.5. The van der Waals surface area contributed by atoms with Crippen LogP contribution in [0.15, 0.2) is 273 Å². The first kappa shape index (κ1) is 47.9. The summed E-state index contributed by atoms with van der Waals surface area (Å²) in [6, 6.07) is 95.0. The highest BCUT2D eigenvalue weighted by atomic mass is 32.1. The summed E-state index contributed by atoms with van der Waals surface area (Å²) in [7, 11) is 0. The molecular weight excluding hydrogens is 1030 g/mol. The van der Waals surface area contributed by atoms with Crippen LogP contribution in [0.5, 0.6) is 0 Å². The highest BCUT2D eigenvalue weighted by Crippen LogP contribution is 2.43. The summed E-state index contributed by atoms with van der Waals surface area (Å²) in [6.07, 6.45) is 0. The maximum atomic E-state index is 5.24. The molecule has 388 valence electrons. The van der Waals surface area contributed by atoms with Gasteiger partial charge in [0.2, 0.25) is 0 Å². The standard InChI is InChI=1S/C73H45N9S/c1-6-19-46(20-7-1)67-75-68(47-21-8-2-9-22-47)78-71(77-67)50-33-38-54(39-34-50)81-63-42-37-53(43-59(63)60-44-65-61(45-64(60)81)74-73(83-65)52-27-14-5-15-28-52)56-30-18-31-58-57-29-16-17-32-62(57)82(66(56)58)55-40-35-51(36-41-55)72-79-69(48-23-10-3-11-24-48)76-70(80-72)49-25-12-4-13-26-49/h1-45H. The van der Waals surface area contributed by atoms with E-state index >= 15 is 0 Å². The molecule has 0 fully saturated rings. The second-order valence-corrected chi connectivity index (χ2v) is 21.5. The maximum Gasteiger partial charge on any atom is 0.164 e. The monoisotopic (exact) mass is 1080 g/mol. The quantitative estimate of drug-likeness (QED) is 0.134. The Bertz CT molecular complexity index is 4990. The first-order chi connectivity index (χ1) is 41.1. The zero-order valence-corrected chi connectivity index (χ0v) is 45.2. The lowest BCUT2D eigenvalue weighted by Gasteiger charge is -2.13. The van der Waals surface area contributed by atoms with Crippen LogP contribution in [0.1, 0.15) is 0 Å². The molecule has 0 saturated heterocycles. The molecule has 0 aliphatic carbocycles. The summed E-state index contributed by atoms with van der Waals surface area (Å²) >= 11 is 1.73. The molecule has 83 heavy (non-hydrogen) atoms. The van der Waals surface area contributed by atoms with E-state index in [4.69, 9.17) is 34.9 Å². The highest BCUT2D eigenvalue weighted by Gasteiger charge is 2.22. The molecule has 0 radical (unpaired) electrons. The van der Waals surface area contributed by atoms with Gasteiger partial charge in [0.25, 0.3) is 0 Å². The second-order valence-electron chi connectivity index (χ2n) is 20.5. The summed E-state index contributed by atoms with van der Waals surface area (Å²) < 4.78 is 5.90. The number of aromatic nitrogens is 9. The van der Waals surface area contributed by atoms with Gasteiger partial charge in [-0.25, -0.2) is 34.9 Å². The van der Waals surface area contributed by atoms with E-state index in [-0.39, 0.29) is 0 Å². The first-order valence-electron chi connectivity index (χ1n) is 27.5. The molecule has 9 nitrogen and oxygen atoms in total. The molecular formula is C73H45N9S. The topological polar surface area (TPSA) is 100 Å². The van der Waals surface area contributed by atoms with Crippen LogP contribution in [-0.4, -0.2) is 44.0 Å². The van der Waals surface area contributed by atoms with Gasteiger partial charge in [-0.15, -0.1) is 11.3 Å². The Balaban J connectivity index is 0.841. The van der Waals surface area contributed by atoms with Gasteiger partial charge in [0, 0.05) is 77.4 Å². The van der Waals surface area contributed by atoms with Crippen molar-refractivity contribution in [2.24, 2.45) is 0 Å². The van der Waals surface area contributed by atoms with Crippen LogP contribution in [0.4, 0.5) is 0 Å². The van der Waals surface area contributed by atoms with Crippen LogP contribution in [0.2, 0.25) is 0 Å². The summed E-state index contributed by atoms with van der Waals surface area (Å²) in [5.41, 5.74) is 16.2. The summed E-state index contributed by atoms with van der Waals surface area (Å²) in [4.78, 5) is 35.3. The van der Waals surface area contributed by atoms with Crippen LogP contribution in [-0.2, 0) is 0 Å². The van der Waals surface area contributed by atoms with Crippen molar-refractivity contribution >= 4 is 65.2 Å². The van der Waals surface area contributed by atoms with Gasteiger partial charge < -0.3 is 9.13 Å². The number of hydrogen-bond acceptors (Lipinski definition) is 8. The van der Waals surface area contributed by atoms with E-state index in [1.165, 1.54) is 10.8 Å². The van der Waals surface area contributed by atoms with Gasteiger partial charge in [-0.3, -0.25) is 0 Å². The number of nitrogens with zero attached hydrogens (tertiary/aromatic N) is 9. The second kappa shape index (κ2) is 19.9. The molecule has 0 bridgehead atoms. The molecule has 0 aliphatic heterocycles. The molecule has 0 atom stereocenters. The minimum absolute atomic E-state index is 0.605. The van der Waals surface area contributed by atoms with Crippen molar-refractivity contribution < 1.29 is 0 Å². The summed E-state index contributed by atoms with van der Waals surface area (Å²) in [6.45, 7) is 0. The number of para-hydroxylation sites is 2. The fourth-order valence-electron chi connectivity index (χ4n) is 11.5. The molecule has 16 rings (SSSR count). The van der Waals surface area contributed by atoms with E-state index in [1.54, 1.807) is 11.3 Å². The van der Waals surface area contributed by atoms with Crippen LogP contribution in [0, 0.1) is 0 Å². The molecule has 5 heterocycles. The maximum absolute atomic E-state index is 5.24. The Hall–Kier alpha value is -11.1. The van der Waals surface area contributed by atoms with Gasteiger partial charge in [-0.2, -0.15) is 0 Å². The third kappa shape index (κ3) is 8.52. The molecule has 16 aromatic rings. The molecule has 0 aliphatic rings. The smallest absolute Gasteiger partial charge is 0.164 e. The molecule has 10 heteroatoms. The number of rotatable bonds is 10. The summed E-state index contributed by atoms with van der Waals surface area (Å²) in [5, 5.41) is 5.63. The number of benzene rings is 11. The Morgan fingerprint density at radius 1 is 0.253 bits per heavy atom. The van der Waals surface area contributed by atoms with Crippen molar-refractivity contribution in [1.82, 2.24) is 44.0 Å². The lowest BCUT2D eigenvalue weighted by molar-refractivity contribution is 1.07. The lowest BCUT2D eigenvalue weighted by Crippen LogP contribution is -2.00. The molecule has 0 amide bonds. The van der Waals surface area contributed by atoms with E-state index in [0.29, 0.717) is 34.9 Å². The lowest BCUT2D eigenvalue weighted by atomic mass is 9.99. The van der Waals surface area contributed by atoms with Crippen LogP contribution >= 0.6 is 11.3 Å². The van der Waals surface area contributed by atoms with Crippen molar-refractivity contribution in [3.63, 3.8) is 0 Å². The minimum atomic E-state index is 0.605. The number of hydrogen-bond donors (Lipinski definition) is 0. The van der Waals surface area contributed by atoms with E-state index in [0.717, 1.165) is 110 Å². The average molecular weight is 1080 g/mol. The van der Waals surface area contributed by atoms with Crippen molar-refractivity contribution in [2.45, 2.75) is 0 Å². The van der Waals surface area contributed by atoms with Gasteiger partial charge in [0.05, 0.1) is 32.3 Å². The predicted octanol–water partition coefficient (Wildman–Crippen LogP) is 18.2. The van der Waals surface area contributed by atoms with Crippen LogP contribution in [0.25, 0.3) is 155 Å². The SMILES string of the molecule is c1ccc(-c2nc(-c3ccccc3)nc(-c3ccc(-n4c5ccc(-c6cccc7c8ccccc8n(-c8ccc(-c9nc(-c%10ccccc%10)nc(-c%10ccccc%10)n9)cc8)c67)cc5c5cc6sc(-c7ccccc7)nc6cc54)cc3)n2)cc1. The molecule has 5 aromatic heterocycles. The fourth-order valence-corrected chi connectivity index (χ4v) is 12.5. The van der Waals surface area contributed by atoms with Crippen molar-refractivity contribution in [3.8, 4) is 101 Å². The zero-order chi connectivity index (χ0) is 54.8. The zero-order valence-electron chi connectivity index (χ0n) is 44.4. The van der Waals surface area contributed by atoms with Gasteiger partial charge in [-0.05, 0) is 84.4 Å². The number of fused-ring (bicyclic) bond motifs is 7. The van der Waals surface area contributed by atoms with Crippen molar-refractivity contribution in [3.05, 3.63) is 273 Å². The predicted molar refractivity (Wildman–Crippen MR) is 339 cm³/mol. The summed E-state index contributed by atoms with van der Waals surface area (Å²) in [5.74, 6) is 3.72. The Labute approximate surface area is 480 Å². The largest absolute Gasteiger partial charge is 0.309 e. The molecule has 0 unspecified atom stereocenters. The third-order valence-corrected chi connectivity index (χ3v) is 16.5. The van der Waals surface area contributed by atoms with E-state index in [2.05, 4.69) is 155 Å². The van der Waals surface area contributed by atoms with E-state index < -0.39 is 0 Å². The van der Waals surface area contributed by atoms with Crippen LogP contribution in [0.3, 0.4) is 0 Å². The highest BCUT2D eigenvalue weighted by molar-refractivity contribution is 7.21. The third-order valence-electron chi connectivity index (χ3n) is 15.5. The van der Waals surface area contributed by atoms with Gasteiger partial charge in [-0.1, -0.05) is 194 Å². The Morgan fingerprint density at radius 2 is 0.651 bits per heavy atom. The molecule has 0 N–H and O–H groups in total. The molecule has 0 spiro atoms. The molecule has 11 aromatic carbocycles. The van der Waals surface area contributed by atoms with E-state index in [1.807, 2.05) is 127 Å². The molecule has 0 saturated carbocycles.